The van der Waals surface area contributed by atoms with Crippen molar-refractivity contribution in [3.8, 4) is 12.3 Å². The molecule has 3 nitrogen and oxygen atoms in total. The molecule has 1 aromatic heterocycles. The Labute approximate surface area is 114 Å². The van der Waals surface area contributed by atoms with Gasteiger partial charge < -0.3 is 4.90 Å². The molecule has 2 rings (SSSR count). The molecule has 0 bridgehead atoms. The van der Waals surface area contributed by atoms with Crippen LogP contribution in [0.25, 0.3) is 0 Å². The SMILES string of the molecule is C#CCN1CCN(C(=O)c2sccc2Br)CC1. The second-order valence-electron chi connectivity index (χ2n) is 3.87. The summed E-state index contributed by atoms with van der Waals surface area (Å²) >= 11 is 4.87. The number of halogens is 1. The van der Waals surface area contributed by atoms with Crippen LogP contribution in [0.2, 0.25) is 0 Å². The van der Waals surface area contributed by atoms with Gasteiger partial charge >= 0.3 is 0 Å². The Hall–Kier alpha value is -0.830. The Morgan fingerprint density at radius 2 is 2.18 bits per heavy atom. The molecule has 2 heterocycles. The van der Waals surface area contributed by atoms with E-state index >= 15 is 0 Å². The van der Waals surface area contributed by atoms with Crippen LogP contribution in [-0.4, -0.2) is 48.4 Å². The molecule has 1 aliphatic rings. The summed E-state index contributed by atoms with van der Waals surface area (Å²) in [6.07, 6.45) is 5.27. The molecule has 0 saturated carbocycles. The van der Waals surface area contributed by atoms with E-state index < -0.39 is 0 Å². The number of terminal acetylenes is 1. The van der Waals surface area contributed by atoms with E-state index in [-0.39, 0.29) is 5.91 Å². The van der Waals surface area contributed by atoms with Crippen LogP contribution >= 0.6 is 27.3 Å². The Kier molecular flexibility index (Phi) is 4.21. The third kappa shape index (κ3) is 2.89. The van der Waals surface area contributed by atoms with Gasteiger partial charge in [0, 0.05) is 30.7 Å². The molecular formula is C12H13BrN2OS. The first-order valence-electron chi connectivity index (χ1n) is 5.40. The minimum absolute atomic E-state index is 0.118. The van der Waals surface area contributed by atoms with Crippen molar-refractivity contribution in [2.45, 2.75) is 0 Å². The van der Waals surface area contributed by atoms with Gasteiger partial charge in [-0.15, -0.1) is 17.8 Å². The third-order valence-corrected chi connectivity index (χ3v) is 4.61. The zero-order valence-electron chi connectivity index (χ0n) is 9.36. The molecule has 0 unspecified atom stereocenters. The van der Waals surface area contributed by atoms with Gasteiger partial charge in [-0.25, -0.2) is 0 Å². The second-order valence-corrected chi connectivity index (χ2v) is 5.64. The summed E-state index contributed by atoms with van der Waals surface area (Å²) in [4.78, 5) is 17.1. The fourth-order valence-electron chi connectivity index (χ4n) is 1.83. The van der Waals surface area contributed by atoms with E-state index in [1.807, 2.05) is 16.3 Å². The molecule has 90 valence electrons. The molecule has 1 amide bonds. The van der Waals surface area contributed by atoms with Crippen molar-refractivity contribution in [1.82, 2.24) is 9.80 Å². The van der Waals surface area contributed by atoms with E-state index in [0.29, 0.717) is 6.54 Å². The molecule has 0 aromatic carbocycles. The fourth-order valence-corrected chi connectivity index (χ4v) is 3.34. The molecule has 17 heavy (non-hydrogen) atoms. The molecule has 1 saturated heterocycles. The van der Waals surface area contributed by atoms with Gasteiger partial charge in [-0.3, -0.25) is 9.69 Å². The number of amides is 1. The van der Waals surface area contributed by atoms with E-state index in [2.05, 4.69) is 26.8 Å². The van der Waals surface area contributed by atoms with Crippen LogP contribution in [0.3, 0.4) is 0 Å². The third-order valence-electron chi connectivity index (χ3n) is 2.79. The van der Waals surface area contributed by atoms with Crippen LogP contribution in [0, 0.1) is 12.3 Å². The highest BCUT2D eigenvalue weighted by Crippen LogP contribution is 2.24. The van der Waals surface area contributed by atoms with Gasteiger partial charge in [0.1, 0.15) is 4.88 Å². The molecule has 0 spiro atoms. The van der Waals surface area contributed by atoms with Crippen molar-refractivity contribution >= 4 is 33.2 Å². The predicted molar refractivity (Wildman–Crippen MR) is 73.2 cm³/mol. The van der Waals surface area contributed by atoms with E-state index in [4.69, 9.17) is 6.42 Å². The first-order valence-corrected chi connectivity index (χ1v) is 7.07. The molecule has 1 fully saturated rings. The van der Waals surface area contributed by atoms with Crippen LogP contribution in [0.1, 0.15) is 9.67 Å². The summed E-state index contributed by atoms with van der Waals surface area (Å²) in [6, 6.07) is 1.91. The summed E-state index contributed by atoms with van der Waals surface area (Å²) < 4.78 is 0.888. The standard InChI is InChI=1S/C12H13BrN2OS/c1-2-4-14-5-7-15(8-6-14)12(16)11-10(13)3-9-17-11/h1,3,9H,4-8H2. The van der Waals surface area contributed by atoms with Crippen molar-refractivity contribution in [2.24, 2.45) is 0 Å². The van der Waals surface area contributed by atoms with Crippen LogP contribution < -0.4 is 0 Å². The first kappa shape index (κ1) is 12.6. The lowest BCUT2D eigenvalue weighted by molar-refractivity contribution is 0.0656. The molecule has 1 aliphatic heterocycles. The molecule has 0 radical (unpaired) electrons. The van der Waals surface area contributed by atoms with Crippen LogP contribution in [0.4, 0.5) is 0 Å². The summed E-state index contributed by atoms with van der Waals surface area (Å²) in [7, 11) is 0. The van der Waals surface area contributed by atoms with E-state index in [1.54, 1.807) is 0 Å². The second kappa shape index (κ2) is 5.67. The van der Waals surface area contributed by atoms with E-state index in [9.17, 15) is 4.79 Å². The number of carbonyl (C=O) groups excluding carboxylic acids is 1. The lowest BCUT2D eigenvalue weighted by Crippen LogP contribution is -2.48. The zero-order chi connectivity index (χ0) is 12.3. The highest BCUT2D eigenvalue weighted by Gasteiger charge is 2.23. The van der Waals surface area contributed by atoms with E-state index in [0.717, 1.165) is 35.5 Å². The number of nitrogens with zero attached hydrogens (tertiary/aromatic N) is 2. The van der Waals surface area contributed by atoms with Gasteiger partial charge in [-0.05, 0) is 27.4 Å². The smallest absolute Gasteiger partial charge is 0.265 e. The zero-order valence-corrected chi connectivity index (χ0v) is 11.8. The molecule has 1 aromatic rings. The number of hydrogen-bond acceptors (Lipinski definition) is 3. The maximum absolute atomic E-state index is 12.2. The summed E-state index contributed by atoms with van der Waals surface area (Å²) in [5.41, 5.74) is 0. The van der Waals surface area contributed by atoms with Gasteiger partial charge in [0.2, 0.25) is 0 Å². The lowest BCUT2D eigenvalue weighted by Gasteiger charge is -2.33. The minimum Gasteiger partial charge on any atom is -0.335 e. The van der Waals surface area contributed by atoms with Gasteiger partial charge in [-0.1, -0.05) is 5.92 Å². The minimum atomic E-state index is 0.118. The van der Waals surface area contributed by atoms with Crippen molar-refractivity contribution in [3.63, 3.8) is 0 Å². The number of thiophene rings is 1. The normalized spacial score (nSPS) is 16.8. The average Bonchev–Trinajstić information content (AvgIpc) is 2.76. The summed E-state index contributed by atoms with van der Waals surface area (Å²) in [5.74, 6) is 2.75. The van der Waals surface area contributed by atoms with Gasteiger partial charge in [-0.2, -0.15) is 0 Å². The van der Waals surface area contributed by atoms with E-state index in [1.165, 1.54) is 11.3 Å². The topological polar surface area (TPSA) is 23.6 Å². The van der Waals surface area contributed by atoms with Gasteiger partial charge in [0.15, 0.2) is 0 Å². The summed E-state index contributed by atoms with van der Waals surface area (Å²) in [5, 5.41) is 1.92. The van der Waals surface area contributed by atoms with Crippen molar-refractivity contribution in [1.29, 1.82) is 0 Å². The maximum Gasteiger partial charge on any atom is 0.265 e. The summed E-state index contributed by atoms with van der Waals surface area (Å²) in [6.45, 7) is 3.90. The number of hydrogen-bond donors (Lipinski definition) is 0. The predicted octanol–water partition coefficient (Wildman–Crippen LogP) is 1.90. The monoisotopic (exact) mass is 312 g/mol. The largest absolute Gasteiger partial charge is 0.335 e. The van der Waals surface area contributed by atoms with Gasteiger partial charge in [0.05, 0.1) is 6.54 Å². The maximum atomic E-state index is 12.2. The Morgan fingerprint density at radius 3 is 2.71 bits per heavy atom. The fraction of sp³-hybridized carbons (Fsp3) is 0.417. The molecule has 0 aliphatic carbocycles. The molecule has 5 heteroatoms. The molecule has 0 atom stereocenters. The van der Waals surface area contributed by atoms with Crippen molar-refractivity contribution in [2.75, 3.05) is 32.7 Å². The van der Waals surface area contributed by atoms with Gasteiger partial charge in [0.25, 0.3) is 5.91 Å². The first-order chi connectivity index (χ1) is 8.22. The molecular weight excluding hydrogens is 300 g/mol. The highest BCUT2D eigenvalue weighted by atomic mass is 79.9. The van der Waals surface area contributed by atoms with Crippen molar-refractivity contribution in [3.05, 3.63) is 20.8 Å². The molecule has 0 N–H and O–H groups in total. The van der Waals surface area contributed by atoms with Crippen molar-refractivity contribution < 1.29 is 4.79 Å². The van der Waals surface area contributed by atoms with Crippen LogP contribution in [0.15, 0.2) is 15.9 Å². The number of carbonyl (C=O) groups is 1. The highest BCUT2D eigenvalue weighted by molar-refractivity contribution is 9.10. The Bertz CT molecular complexity index is 444. The average molecular weight is 313 g/mol. The Balaban J connectivity index is 1.96. The quantitative estimate of drug-likeness (QED) is 0.779. The number of rotatable bonds is 2. The van der Waals surface area contributed by atoms with Crippen LogP contribution in [-0.2, 0) is 0 Å². The number of piperazine rings is 1. The lowest BCUT2D eigenvalue weighted by atomic mass is 10.3. The Morgan fingerprint density at radius 1 is 1.47 bits per heavy atom. The van der Waals surface area contributed by atoms with Crippen LogP contribution in [0.5, 0.6) is 0 Å².